The molecule has 0 saturated heterocycles. The molecule has 3 amide bonds. The van der Waals surface area contributed by atoms with Crippen molar-refractivity contribution < 1.29 is 23.9 Å². The van der Waals surface area contributed by atoms with Gasteiger partial charge in [-0.15, -0.1) is 0 Å². The molecule has 0 bridgehead atoms. The lowest BCUT2D eigenvalue weighted by molar-refractivity contribution is -0.122. The number of nitrogens with one attached hydrogen (secondary N) is 3. The summed E-state index contributed by atoms with van der Waals surface area (Å²) < 4.78 is 10.7. The van der Waals surface area contributed by atoms with Crippen LogP contribution in [0.3, 0.4) is 0 Å². The first-order valence-corrected chi connectivity index (χ1v) is 9.73. The van der Waals surface area contributed by atoms with Crippen LogP contribution in [0, 0.1) is 5.92 Å². The van der Waals surface area contributed by atoms with Crippen molar-refractivity contribution in [3.05, 3.63) is 54.1 Å². The summed E-state index contributed by atoms with van der Waals surface area (Å²) in [6, 6.07) is 13.4. The van der Waals surface area contributed by atoms with Crippen LogP contribution in [0.15, 0.2) is 48.5 Å². The number of anilines is 2. The number of rotatable bonds is 6. The molecular formula is C22H25N3O5. The molecule has 1 heterocycles. The van der Waals surface area contributed by atoms with E-state index in [1.165, 1.54) is 0 Å². The van der Waals surface area contributed by atoms with E-state index in [-0.39, 0.29) is 18.4 Å². The molecule has 1 aliphatic rings. The second-order valence-electron chi connectivity index (χ2n) is 7.38. The van der Waals surface area contributed by atoms with Crippen molar-refractivity contribution in [2.24, 2.45) is 5.92 Å². The quantitative estimate of drug-likeness (QED) is 0.676. The largest absolute Gasteiger partial charge is 0.479 e. The summed E-state index contributed by atoms with van der Waals surface area (Å²) in [5.41, 5.74) is 1.81. The third kappa shape index (κ3) is 5.28. The Kier molecular flexibility index (Phi) is 6.56. The van der Waals surface area contributed by atoms with Gasteiger partial charge in [0.05, 0.1) is 5.69 Å². The molecule has 8 heteroatoms. The molecule has 0 aliphatic carbocycles. The smallest absolute Gasteiger partial charge is 0.408 e. The lowest BCUT2D eigenvalue weighted by atomic mass is 10.0. The van der Waals surface area contributed by atoms with Crippen LogP contribution in [0.5, 0.6) is 5.75 Å². The van der Waals surface area contributed by atoms with Crippen LogP contribution < -0.4 is 20.7 Å². The molecule has 3 N–H and O–H groups in total. The zero-order valence-electron chi connectivity index (χ0n) is 17.1. The number of amides is 3. The van der Waals surface area contributed by atoms with Crippen molar-refractivity contribution in [2.75, 3.05) is 10.6 Å². The first kappa shape index (κ1) is 21.2. The Balaban J connectivity index is 1.61. The van der Waals surface area contributed by atoms with Crippen molar-refractivity contribution >= 4 is 29.3 Å². The van der Waals surface area contributed by atoms with Crippen LogP contribution >= 0.6 is 0 Å². The number of carbonyl (C=O) groups excluding carboxylic acids is 3. The first-order valence-electron chi connectivity index (χ1n) is 9.73. The van der Waals surface area contributed by atoms with Crippen LogP contribution in [-0.2, 0) is 20.9 Å². The van der Waals surface area contributed by atoms with Gasteiger partial charge in [-0.3, -0.25) is 9.59 Å². The lowest BCUT2D eigenvalue weighted by Gasteiger charge is -2.24. The van der Waals surface area contributed by atoms with Gasteiger partial charge in [-0.2, -0.15) is 0 Å². The molecule has 2 aromatic rings. The van der Waals surface area contributed by atoms with Crippen LogP contribution in [0.1, 0.15) is 26.3 Å². The fraction of sp³-hybridized carbons (Fsp3) is 0.318. The predicted octanol–water partition coefficient (Wildman–Crippen LogP) is 3.30. The van der Waals surface area contributed by atoms with Gasteiger partial charge in [-0.05, 0) is 36.6 Å². The van der Waals surface area contributed by atoms with Crippen molar-refractivity contribution in [1.82, 2.24) is 5.32 Å². The minimum atomic E-state index is -0.796. The summed E-state index contributed by atoms with van der Waals surface area (Å²) in [5, 5.41) is 8.11. The number of carbonyl (C=O) groups is 3. The average molecular weight is 411 g/mol. The van der Waals surface area contributed by atoms with E-state index in [9.17, 15) is 14.4 Å². The van der Waals surface area contributed by atoms with E-state index in [0.29, 0.717) is 17.1 Å². The van der Waals surface area contributed by atoms with Gasteiger partial charge in [0.15, 0.2) is 6.10 Å². The summed E-state index contributed by atoms with van der Waals surface area (Å²) in [6.45, 7) is 5.42. The maximum atomic E-state index is 12.7. The SMILES string of the molecule is CC(C)[C@H](NC(=O)OCc1ccccc1)C(=O)Nc1ccc2c(c1)NC(=O)[C@H](C)O2. The summed E-state index contributed by atoms with van der Waals surface area (Å²) in [7, 11) is 0. The van der Waals surface area contributed by atoms with Gasteiger partial charge in [0.25, 0.3) is 5.91 Å². The van der Waals surface area contributed by atoms with Gasteiger partial charge in [0.1, 0.15) is 18.4 Å². The molecule has 0 aromatic heterocycles. The number of alkyl carbamates (subject to hydrolysis) is 1. The van der Waals surface area contributed by atoms with Gasteiger partial charge in [0, 0.05) is 5.69 Å². The molecule has 0 saturated carbocycles. The van der Waals surface area contributed by atoms with Crippen molar-refractivity contribution in [2.45, 2.75) is 39.5 Å². The van der Waals surface area contributed by atoms with E-state index < -0.39 is 24.1 Å². The van der Waals surface area contributed by atoms with E-state index in [1.807, 2.05) is 44.2 Å². The molecule has 0 radical (unpaired) electrons. The van der Waals surface area contributed by atoms with Gasteiger partial charge in [-0.25, -0.2) is 4.79 Å². The fourth-order valence-electron chi connectivity index (χ4n) is 2.93. The molecule has 8 nitrogen and oxygen atoms in total. The van der Waals surface area contributed by atoms with Crippen molar-refractivity contribution in [3.8, 4) is 5.75 Å². The number of fused-ring (bicyclic) bond motifs is 1. The molecule has 2 atom stereocenters. The molecule has 1 aliphatic heterocycles. The normalized spacial score (nSPS) is 16.0. The number of hydrogen-bond acceptors (Lipinski definition) is 5. The number of hydrogen-bond donors (Lipinski definition) is 3. The van der Waals surface area contributed by atoms with E-state index in [0.717, 1.165) is 5.56 Å². The Morgan fingerprint density at radius 3 is 2.60 bits per heavy atom. The molecule has 3 rings (SSSR count). The molecule has 158 valence electrons. The second kappa shape index (κ2) is 9.30. The fourth-order valence-corrected chi connectivity index (χ4v) is 2.93. The van der Waals surface area contributed by atoms with Gasteiger partial charge in [-0.1, -0.05) is 44.2 Å². The predicted molar refractivity (Wildman–Crippen MR) is 112 cm³/mol. The van der Waals surface area contributed by atoms with Crippen LogP contribution in [0.25, 0.3) is 0 Å². The third-order valence-electron chi connectivity index (χ3n) is 4.61. The zero-order valence-corrected chi connectivity index (χ0v) is 17.1. The monoisotopic (exact) mass is 411 g/mol. The standard InChI is InChI=1S/C22H25N3O5/c1-13(2)19(25-22(28)29-12-15-7-5-4-6-8-15)21(27)23-16-9-10-18-17(11-16)24-20(26)14(3)30-18/h4-11,13-14,19H,12H2,1-3H3,(H,23,27)(H,24,26)(H,25,28)/t14-,19-/m0/s1. The maximum absolute atomic E-state index is 12.7. The van der Waals surface area contributed by atoms with Crippen molar-refractivity contribution in [1.29, 1.82) is 0 Å². The van der Waals surface area contributed by atoms with Crippen LogP contribution in [-0.4, -0.2) is 30.1 Å². The Labute approximate surface area is 174 Å². The summed E-state index contributed by atoms with van der Waals surface area (Å²) in [4.78, 5) is 36.7. The van der Waals surface area contributed by atoms with Gasteiger partial charge >= 0.3 is 6.09 Å². The van der Waals surface area contributed by atoms with Gasteiger partial charge < -0.3 is 25.4 Å². The highest BCUT2D eigenvalue weighted by Gasteiger charge is 2.27. The second-order valence-corrected chi connectivity index (χ2v) is 7.38. The lowest BCUT2D eigenvalue weighted by Crippen LogP contribution is -2.47. The van der Waals surface area contributed by atoms with E-state index >= 15 is 0 Å². The molecule has 2 aromatic carbocycles. The Bertz CT molecular complexity index is 930. The molecule has 0 spiro atoms. The van der Waals surface area contributed by atoms with Crippen molar-refractivity contribution in [3.63, 3.8) is 0 Å². The number of benzene rings is 2. The van der Waals surface area contributed by atoms with Crippen LogP contribution in [0.2, 0.25) is 0 Å². The minimum Gasteiger partial charge on any atom is -0.479 e. The minimum absolute atomic E-state index is 0.113. The van der Waals surface area contributed by atoms with E-state index in [1.54, 1.807) is 25.1 Å². The average Bonchev–Trinajstić information content (AvgIpc) is 2.72. The summed E-state index contributed by atoms with van der Waals surface area (Å²) in [5.74, 6) is -0.286. The molecular weight excluding hydrogens is 386 g/mol. The van der Waals surface area contributed by atoms with E-state index in [2.05, 4.69) is 16.0 Å². The topological polar surface area (TPSA) is 106 Å². The Morgan fingerprint density at radius 2 is 1.90 bits per heavy atom. The summed E-state index contributed by atoms with van der Waals surface area (Å²) in [6.07, 6.45) is -1.25. The van der Waals surface area contributed by atoms with Gasteiger partial charge in [0.2, 0.25) is 5.91 Å². The van der Waals surface area contributed by atoms with E-state index in [4.69, 9.17) is 9.47 Å². The zero-order chi connectivity index (χ0) is 21.7. The molecule has 0 fully saturated rings. The highest BCUT2D eigenvalue weighted by atomic mass is 16.5. The molecule has 0 unspecified atom stereocenters. The van der Waals surface area contributed by atoms with Crippen LogP contribution in [0.4, 0.5) is 16.2 Å². The Morgan fingerprint density at radius 1 is 1.17 bits per heavy atom. The molecule has 30 heavy (non-hydrogen) atoms. The maximum Gasteiger partial charge on any atom is 0.408 e. The highest BCUT2D eigenvalue weighted by Crippen LogP contribution is 2.32. The first-order chi connectivity index (χ1) is 14.3. The Hall–Kier alpha value is -3.55. The highest BCUT2D eigenvalue weighted by molar-refractivity contribution is 6.00. The third-order valence-corrected chi connectivity index (χ3v) is 4.61. The number of ether oxygens (including phenoxy) is 2. The summed E-state index contributed by atoms with van der Waals surface area (Å²) >= 11 is 0.